The number of carbonyl (C=O) groups is 1. The van der Waals surface area contributed by atoms with Crippen molar-refractivity contribution in [1.82, 2.24) is 24.8 Å². The van der Waals surface area contributed by atoms with Gasteiger partial charge in [-0.25, -0.2) is 4.79 Å². The molecule has 9 heteroatoms. The number of rotatable bonds is 5. The van der Waals surface area contributed by atoms with E-state index in [0.717, 1.165) is 17.8 Å². The lowest BCUT2D eigenvalue weighted by atomic mass is 10.1. The van der Waals surface area contributed by atoms with Gasteiger partial charge in [-0.2, -0.15) is 4.68 Å². The molecule has 3 heterocycles. The predicted molar refractivity (Wildman–Crippen MR) is 103 cm³/mol. The molecule has 0 unspecified atom stereocenters. The van der Waals surface area contributed by atoms with E-state index in [-0.39, 0.29) is 23.8 Å². The molecule has 0 fully saturated rings. The molecule has 0 atom stereocenters. The SMILES string of the molecule is CN(C)C(=O)n1cc(COc2coc(CN3Cc4ccccc4C3)cc2=O)nn1. The summed E-state index contributed by atoms with van der Waals surface area (Å²) in [5.74, 6) is 0.671. The van der Waals surface area contributed by atoms with Crippen molar-refractivity contribution in [3.63, 3.8) is 0 Å². The van der Waals surface area contributed by atoms with E-state index in [9.17, 15) is 9.59 Å². The van der Waals surface area contributed by atoms with E-state index in [1.807, 2.05) is 12.1 Å². The molecule has 29 heavy (non-hydrogen) atoms. The van der Waals surface area contributed by atoms with E-state index in [2.05, 4.69) is 27.3 Å². The van der Waals surface area contributed by atoms with Gasteiger partial charge >= 0.3 is 6.03 Å². The lowest BCUT2D eigenvalue weighted by Gasteiger charge is -2.13. The van der Waals surface area contributed by atoms with Crippen LogP contribution in [0.15, 0.2) is 52.0 Å². The Bertz CT molecular complexity index is 1060. The first kappa shape index (κ1) is 18.9. The van der Waals surface area contributed by atoms with Crippen LogP contribution in [-0.4, -0.2) is 44.9 Å². The van der Waals surface area contributed by atoms with Crippen LogP contribution in [0.5, 0.6) is 5.75 Å². The summed E-state index contributed by atoms with van der Waals surface area (Å²) < 4.78 is 12.2. The first-order chi connectivity index (χ1) is 14.0. The zero-order valence-corrected chi connectivity index (χ0v) is 16.2. The fourth-order valence-corrected chi connectivity index (χ4v) is 3.18. The highest BCUT2D eigenvalue weighted by molar-refractivity contribution is 5.75. The van der Waals surface area contributed by atoms with Crippen LogP contribution in [-0.2, 0) is 26.2 Å². The molecule has 0 saturated heterocycles. The van der Waals surface area contributed by atoms with Crippen LogP contribution < -0.4 is 10.2 Å². The van der Waals surface area contributed by atoms with Crippen LogP contribution in [0.2, 0.25) is 0 Å². The molecule has 0 saturated carbocycles. The number of ether oxygens (including phenoxy) is 1. The van der Waals surface area contributed by atoms with E-state index in [4.69, 9.17) is 9.15 Å². The minimum absolute atomic E-state index is 0.00620. The number of amides is 1. The monoisotopic (exact) mass is 395 g/mol. The first-order valence-electron chi connectivity index (χ1n) is 9.16. The molecule has 1 aromatic carbocycles. The quantitative estimate of drug-likeness (QED) is 0.651. The molecular formula is C20H21N5O4. The van der Waals surface area contributed by atoms with Crippen LogP contribution in [0.1, 0.15) is 22.6 Å². The molecule has 1 aliphatic heterocycles. The van der Waals surface area contributed by atoms with Crippen molar-refractivity contribution in [3.05, 3.63) is 75.6 Å². The summed E-state index contributed by atoms with van der Waals surface area (Å²) in [6.07, 6.45) is 2.78. The van der Waals surface area contributed by atoms with Gasteiger partial charge < -0.3 is 14.1 Å². The summed E-state index contributed by atoms with van der Waals surface area (Å²) in [4.78, 5) is 27.8. The van der Waals surface area contributed by atoms with Gasteiger partial charge in [-0.05, 0) is 11.1 Å². The summed E-state index contributed by atoms with van der Waals surface area (Å²) in [5, 5.41) is 7.62. The normalized spacial score (nSPS) is 13.3. The molecular weight excluding hydrogens is 374 g/mol. The third-order valence-electron chi connectivity index (χ3n) is 4.63. The second kappa shape index (κ2) is 7.88. The molecule has 1 aliphatic rings. The Morgan fingerprint density at radius 1 is 1.24 bits per heavy atom. The summed E-state index contributed by atoms with van der Waals surface area (Å²) in [7, 11) is 3.24. The van der Waals surface area contributed by atoms with Gasteiger partial charge in [0.1, 0.15) is 24.3 Å². The highest BCUT2D eigenvalue weighted by Crippen LogP contribution is 2.23. The first-order valence-corrected chi connectivity index (χ1v) is 9.16. The van der Waals surface area contributed by atoms with Crippen LogP contribution >= 0.6 is 0 Å². The van der Waals surface area contributed by atoms with Gasteiger partial charge in [0.15, 0.2) is 0 Å². The number of benzene rings is 1. The molecule has 9 nitrogen and oxygen atoms in total. The smallest absolute Gasteiger partial charge is 0.345 e. The van der Waals surface area contributed by atoms with Crippen molar-refractivity contribution < 1.29 is 13.9 Å². The van der Waals surface area contributed by atoms with Gasteiger partial charge in [-0.15, -0.1) is 5.10 Å². The third-order valence-corrected chi connectivity index (χ3v) is 4.63. The van der Waals surface area contributed by atoms with Crippen LogP contribution in [0, 0.1) is 0 Å². The van der Waals surface area contributed by atoms with Gasteiger partial charge in [0, 0.05) is 33.3 Å². The minimum Gasteiger partial charge on any atom is -0.480 e. The van der Waals surface area contributed by atoms with E-state index in [0.29, 0.717) is 18.0 Å². The van der Waals surface area contributed by atoms with Crippen LogP contribution in [0.25, 0.3) is 0 Å². The van der Waals surface area contributed by atoms with Gasteiger partial charge in [0.05, 0.1) is 12.7 Å². The molecule has 2 aromatic heterocycles. The highest BCUT2D eigenvalue weighted by Gasteiger charge is 2.19. The summed E-state index contributed by atoms with van der Waals surface area (Å²) in [5.41, 5.74) is 2.77. The largest absolute Gasteiger partial charge is 0.480 e. The number of fused-ring (bicyclic) bond motifs is 1. The Balaban J connectivity index is 1.36. The van der Waals surface area contributed by atoms with Crippen molar-refractivity contribution in [2.24, 2.45) is 0 Å². The maximum absolute atomic E-state index is 12.4. The summed E-state index contributed by atoms with van der Waals surface area (Å²) in [6, 6.07) is 9.42. The standard InChI is InChI=1S/C20H21N5O4/c1-23(2)20(27)25-10-16(21-22-25)12-29-19-13-28-17(7-18(19)26)11-24-8-14-5-3-4-6-15(14)9-24/h3-7,10,13H,8-9,11-12H2,1-2H3. The fraction of sp³-hybridized carbons (Fsp3) is 0.300. The Kier molecular flexibility index (Phi) is 5.13. The number of aromatic nitrogens is 3. The Morgan fingerprint density at radius 3 is 2.62 bits per heavy atom. The molecule has 0 bridgehead atoms. The minimum atomic E-state index is -0.323. The zero-order chi connectivity index (χ0) is 20.4. The second-order valence-electron chi connectivity index (χ2n) is 7.11. The number of hydrogen-bond acceptors (Lipinski definition) is 7. The fourth-order valence-electron chi connectivity index (χ4n) is 3.18. The van der Waals surface area contributed by atoms with E-state index in [1.54, 1.807) is 14.1 Å². The summed E-state index contributed by atoms with van der Waals surface area (Å²) >= 11 is 0. The number of hydrogen-bond donors (Lipinski definition) is 0. The Hall–Kier alpha value is -3.46. The number of carbonyl (C=O) groups excluding carboxylic acids is 1. The van der Waals surface area contributed by atoms with Crippen LogP contribution in [0.4, 0.5) is 4.79 Å². The molecule has 3 aromatic rings. The van der Waals surface area contributed by atoms with E-state index in [1.165, 1.54) is 34.6 Å². The Labute approximate surface area is 167 Å². The summed E-state index contributed by atoms with van der Waals surface area (Å²) in [6.45, 7) is 2.22. The molecule has 0 radical (unpaired) electrons. The van der Waals surface area contributed by atoms with Gasteiger partial charge in [0.2, 0.25) is 11.2 Å². The predicted octanol–water partition coefficient (Wildman–Crippen LogP) is 1.86. The average Bonchev–Trinajstić information content (AvgIpc) is 3.33. The van der Waals surface area contributed by atoms with Gasteiger partial charge in [-0.1, -0.05) is 29.5 Å². The van der Waals surface area contributed by atoms with Crippen molar-refractivity contribution in [3.8, 4) is 5.75 Å². The molecule has 150 valence electrons. The van der Waals surface area contributed by atoms with Crippen molar-refractivity contribution in [2.45, 2.75) is 26.2 Å². The number of nitrogens with zero attached hydrogens (tertiary/aromatic N) is 5. The van der Waals surface area contributed by atoms with E-state index >= 15 is 0 Å². The second-order valence-corrected chi connectivity index (χ2v) is 7.11. The molecule has 0 aliphatic carbocycles. The van der Waals surface area contributed by atoms with Gasteiger partial charge in [-0.3, -0.25) is 9.69 Å². The van der Waals surface area contributed by atoms with Crippen molar-refractivity contribution >= 4 is 6.03 Å². The lowest BCUT2D eigenvalue weighted by Crippen LogP contribution is -2.27. The Morgan fingerprint density at radius 2 is 1.97 bits per heavy atom. The molecule has 0 N–H and O–H groups in total. The third kappa shape index (κ3) is 4.19. The highest BCUT2D eigenvalue weighted by atomic mass is 16.5. The lowest BCUT2D eigenvalue weighted by molar-refractivity contribution is 0.215. The van der Waals surface area contributed by atoms with Crippen molar-refractivity contribution in [1.29, 1.82) is 0 Å². The average molecular weight is 395 g/mol. The van der Waals surface area contributed by atoms with Gasteiger partial charge in [0.25, 0.3) is 0 Å². The van der Waals surface area contributed by atoms with Crippen LogP contribution in [0.3, 0.4) is 0 Å². The maximum Gasteiger partial charge on any atom is 0.345 e. The van der Waals surface area contributed by atoms with E-state index < -0.39 is 0 Å². The van der Waals surface area contributed by atoms with Crippen molar-refractivity contribution in [2.75, 3.05) is 14.1 Å². The molecule has 4 rings (SSSR count). The molecule has 1 amide bonds. The topological polar surface area (TPSA) is 93.7 Å². The molecule has 0 spiro atoms. The zero-order valence-electron chi connectivity index (χ0n) is 16.2. The maximum atomic E-state index is 12.4.